The first-order valence-corrected chi connectivity index (χ1v) is 10.8. The molecule has 1 aromatic carbocycles. The van der Waals surface area contributed by atoms with Crippen molar-refractivity contribution in [3.63, 3.8) is 0 Å². The molecule has 1 aromatic rings. The fourth-order valence-corrected chi connectivity index (χ4v) is 4.93. The van der Waals surface area contributed by atoms with E-state index in [2.05, 4.69) is 0 Å². The van der Waals surface area contributed by atoms with Gasteiger partial charge >= 0.3 is 0 Å². The number of carbonyl (C=O) groups is 3. The number of ether oxygens (including phenoxy) is 3. The van der Waals surface area contributed by atoms with E-state index in [9.17, 15) is 14.4 Å². The second-order valence-electron chi connectivity index (χ2n) is 8.82. The lowest BCUT2D eigenvalue weighted by atomic mass is 9.82. The molecule has 3 aliphatic heterocycles. The molecule has 2 amide bonds. The molecule has 2 fully saturated rings. The van der Waals surface area contributed by atoms with Gasteiger partial charge in [0.25, 0.3) is 0 Å². The van der Waals surface area contributed by atoms with Crippen LogP contribution in [0.2, 0.25) is 0 Å². The summed E-state index contributed by atoms with van der Waals surface area (Å²) >= 11 is 0. The van der Waals surface area contributed by atoms with E-state index in [0.717, 1.165) is 0 Å². The monoisotopic (exact) mass is 430 g/mol. The van der Waals surface area contributed by atoms with Gasteiger partial charge in [0, 0.05) is 52.1 Å². The third kappa shape index (κ3) is 4.13. The molecule has 0 unspecified atom stereocenters. The third-order valence-corrected chi connectivity index (χ3v) is 6.73. The van der Waals surface area contributed by atoms with Crippen molar-refractivity contribution >= 4 is 17.6 Å². The lowest BCUT2D eigenvalue weighted by molar-refractivity contribution is -0.139. The summed E-state index contributed by atoms with van der Waals surface area (Å²) in [7, 11) is 3.19. The van der Waals surface area contributed by atoms with Gasteiger partial charge < -0.3 is 24.0 Å². The van der Waals surface area contributed by atoms with Crippen LogP contribution in [0.3, 0.4) is 0 Å². The van der Waals surface area contributed by atoms with Gasteiger partial charge in [0.1, 0.15) is 17.1 Å². The molecular weight excluding hydrogens is 400 g/mol. The molecule has 168 valence electrons. The average molecular weight is 431 g/mol. The molecule has 31 heavy (non-hydrogen) atoms. The molecule has 8 nitrogen and oxygen atoms in total. The van der Waals surface area contributed by atoms with Crippen LogP contribution >= 0.6 is 0 Å². The van der Waals surface area contributed by atoms with Crippen LogP contribution in [-0.4, -0.2) is 79.5 Å². The molecule has 0 saturated carbocycles. The lowest BCUT2D eigenvalue weighted by Gasteiger charge is -2.44. The molecule has 1 spiro atoms. The van der Waals surface area contributed by atoms with Gasteiger partial charge in [-0.05, 0) is 19.1 Å². The number of benzene rings is 1. The highest BCUT2D eigenvalue weighted by Gasteiger charge is 2.45. The first-order valence-electron chi connectivity index (χ1n) is 10.8. The predicted molar refractivity (Wildman–Crippen MR) is 112 cm³/mol. The highest BCUT2D eigenvalue weighted by molar-refractivity contribution is 6.00. The number of fused-ring (bicyclic) bond motifs is 1. The Labute approximate surface area is 182 Å². The van der Waals surface area contributed by atoms with Gasteiger partial charge in [-0.15, -0.1) is 0 Å². The number of nitrogens with zero attached hydrogens (tertiary/aromatic N) is 2. The Morgan fingerprint density at radius 2 is 2.00 bits per heavy atom. The van der Waals surface area contributed by atoms with E-state index in [1.807, 2.05) is 11.8 Å². The quantitative estimate of drug-likeness (QED) is 0.709. The van der Waals surface area contributed by atoms with E-state index in [-0.39, 0.29) is 36.0 Å². The van der Waals surface area contributed by atoms with Crippen LogP contribution in [0.25, 0.3) is 0 Å². The molecule has 3 heterocycles. The van der Waals surface area contributed by atoms with Crippen LogP contribution in [0.1, 0.15) is 43.0 Å². The number of likely N-dealkylation sites (tertiary alicyclic amines) is 2. The summed E-state index contributed by atoms with van der Waals surface area (Å²) in [5, 5.41) is 0. The molecule has 2 saturated heterocycles. The first kappa shape index (κ1) is 21.6. The van der Waals surface area contributed by atoms with Gasteiger partial charge in [0.05, 0.1) is 37.7 Å². The summed E-state index contributed by atoms with van der Waals surface area (Å²) in [6, 6.07) is 5.22. The number of amides is 2. The van der Waals surface area contributed by atoms with Crippen molar-refractivity contribution in [2.45, 2.75) is 44.2 Å². The Morgan fingerprint density at radius 1 is 1.26 bits per heavy atom. The van der Waals surface area contributed by atoms with Crippen molar-refractivity contribution in [2.24, 2.45) is 5.92 Å². The SMILES string of the molecule is COC[C@@H](C)N1C[C@H](C(=O)N2CCC3(CC2)CC(=O)c2ccc(OC)cc2O3)CC1=O. The molecule has 8 heteroatoms. The summed E-state index contributed by atoms with van der Waals surface area (Å²) < 4.78 is 16.7. The summed E-state index contributed by atoms with van der Waals surface area (Å²) in [6.45, 7) is 3.86. The van der Waals surface area contributed by atoms with Gasteiger partial charge in [-0.3, -0.25) is 14.4 Å². The normalized spacial score (nSPS) is 23.5. The summed E-state index contributed by atoms with van der Waals surface area (Å²) in [6.07, 6.45) is 1.74. The van der Waals surface area contributed by atoms with Crippen molar-refractivity contribution < 1.29 is 28.6 Å². The van der Waals surface area contributed by atoms with Gasteiger partial charge in [0.15, 0.2) is 5.78 Å². The number of Topliss-reactive ketones (excluding diaryl/α,β-unsaturated/α-hetero) is 1. The molecular formula is C23H30N2O6. The first-order chi connectivity index (χ1) is 14.9. The van der Waals surface area contributed by atoms with Gasteiger partial charge in [-0.1, -0.05) is 0 Å². The average Bonchev–Trinajstić information content (AvgIpc) is 3.15. The Balaban J connectivity index is 1.39. The minimum absolute atomic E-state index is 0.00291. The highest BCUT2D eigenvalue weighted by atomic mass is 16.5. The van der Waals surface area contributed by atoms with E-state index in [4.69, 9.17) is 14.2 Å². The molecule has 0 aliphatic carbocycles. The number of hydrogen-bond donors (Lipinski definition) is 0. The molecule has 2 atom stereocenters. The van der Waals surface area contributed by atoms with Crippen molar-refractivity contribution in [1.29, 1.82) is 0 Å². The van der Waals surface area contributed by atoms with Gasteiger partial charge in [-0.2, -0.15) is 0 Å². The van der Waals surface area contributed by atoms with E-state index < -0.39 is 5.60 Å². The summed E-state index contributed by atoms with van der Waals surface area (Å²) in [4.78, 5) is 41.7. The standard InChI is InChI=1S/C23H30N2O6/c1-15(14-29-2)25-13-16(10-21(25)27)22(28)24-8-6-23(7-9-24)12-19(26)18-5-4-17(30-3)11-20(18)31-23/h4-5,11,15-16H,6-10,12-14H2,1-3H3/t15-,16-/m1/s1. The smallest absolute Gasteiger partial charge is 0.227 e. The van der Waals surface area contributed by atoms with Crippen LogP contribution in [0, 0.1) is 5.92 Å². The van der Waals surface area contributed by atoms with E-state index in [1.54, 1.807) is 37.3 Å². The third-order valence-electron chi connectivity index (χ3n) is 6.73. The topological polar surface area (TPSA) is 85.4 Å². The van der Waals surface area contributed by atoms with E-state index in [0.29, 0.717) is 62.6 Å². The summed E-state index contributed by atoms with van der Waals surface area (Å²) in [5.41, 5.74) is -0.00255. The zero-order valence-corrected chi connectivity index (χ0v) is 18.4. The van der Waals surface area contributed by atoms with Gasteiger partial charge in [-0.25, -0.2) is 0 Å². The van der Waals surface area contributed by atoms with Crippen molar-refractivity contribution in [2.75, 3.05) is 40.5 Å². The van der Waals surface area contributed by atoms with Crippen LogP contribution in [0.15, 0.2) is 18.2 Å². The number of carbonyl (C=O) groups excluding carboxylic acids is 3. The number of ketones is 1. The van der Waals surface area contributed by atoms with Crippen LogP contribution in [-0.2, 0) is 14.3 Å². The maximum Gasteiger partial charge on any atom is 0.227 e. The molecule has 0 N–H and O–H groups in total. The maximum atomic E-state index is 13.1. The zero-order chi connectivity index (χ0) is 22.2. The Bertz CT molecular complexity index is 877. The minimum Gasteiger partial charge on any atom is -0.497 e. The van der Waals surface area contributed by atoms with Crippen LogP contribution < -0.4 is 9.47 Å². The fourth-order valence-electron chi connectivity index (χ4n) is 4.93. The molecule has 0 bridgehead atoms. The largest absolute Gasteiger partial charge is 0.497 e. The van der Waals surface area contributed by atoms with Crippen molar-refractivity contribution in [1.82, 2.24) is 9.80 Å². The molecule has 0 radical (unpaired) electrons. The Hall–Kier alpha value is -2.61. The van der Waals surface area contributed by atoms with Crippen LogP contribution in [0.5, 0.6) is 11.5 Å². The minimum atomic E-state index is -0.586. The molecule has 3 aliphatic rings. The number of hydrogen-bond acceptors (Lipinski definition) is 6. The summed E-state index contributed by atoms with van der Waals surface area (Å²) in [5.74, 6) is 0.962. The maximum absolute atomic E-state index is 13.1. The number of rotatable bonds is 5. The lowest BCUT2D eigenvalue weighted by Crippen LogP contribution is -2.53. The Morgan fingerprint density at radius 3 is 2.68 bits per heavy atom. The van der Waals surface area contributed by atoms with E-state index >= 15 is 0 Å². The second-order valence-corrected chi connectivity index (χ2v) is 8.82. The predicted octanol–water partition coefficient (Wildman–Crippen LogP) is 1.90. The highest BCUT2D eigenvalue weighted by Crippen LogP contribution is 2.41. The van der Waals surface area contributed by atoms with Crippen molar-refractivity contribution in [3.05, 3.63) is 23.8 Å². The molecule has 4 rings (SSSR count). The Kier molecular flexibility index (Phi) is 5.92. The molecule has 0 aromatic heterocycles. The van der Waals surface area contributed by atoms with Gasteiger partial charge in [0.2, 0.25) is 11.8 Å². The number of piperidine rings is 1. The number of methoxy groups -OCH3 is 2. The van der Waals surface area contributed by atoms with Crippen LogP contribution in [0.4, 0.5) is 0 Å². The zero-order valence-electron chi connectivity index (χ0n) is 18.4. The van der Waals surface area contributed by atoms with E-state index in [1.165, 1.54) is 0 Å². The van der Waals surface area contributed by atoms with Crippen molar-refractivity contribution in [3.8, 4) is 11.5 Å². The fraction of sp³-hybridized carbons (Fsp3) is 0.609. The second kappa shape index (κ2) is 8.49.